The fraction of sp³-hybridized carbons (Fsp3) is 0.647. The average molecular weight is 243 g/mol. The van der Waals surface area contributed by atoms with E-state index in [1.807, 2.05) is 0 Å². The zero-order valence-corrected chi connectivity index (χ0v) is 11.9. The summed E-state index contributed by atoms with van der Waals surface area (Å²) in [6, 6.07) is 7.59. The maximum absolute atomic E-state index is 3.78. The van der Waals surface area contributed by atoms with Gasteiger partial charge >= 0.3 is 0 Å². The van der Waals surface area contributed by atoms with Gasteiger partial charge in [0.1, 0.15) is 0 Å². The number of hydrogen-bond donors (Lipinski definition) is 1. The number of hydrogen-bond acceptors (Lipinski definition) is 1. The van der Waals surface area contributed by atoms with Crippen molar-refractivity contribution in [2.24, 2.45) is 5.92 Å². The molecule has 1 nitrogen and oxygen atoms in total. The Hall–Kier alpha value is -0.820. The fourth-order valence-electron chi connectivity index (χ4n) is 3.84. The Bertz CT molecular complexity index is 435. The van der Waals surface area contributed by atoms with Gasteiger partial charge in [0.25, 0.3) is 0 Å². The molecule has 3 unspecified atom stereocenters. The molecule has 3 rings (SSSR count). The van der Waals surface area contributed by atoms with Crippen molar-refractivity contribution in [1.29, 1.82) is 0 Å². The summed E-state index contributed by atoms with van der Waals surface area (Å²) in [6.07, 6.45) is 3.99. The van der Waals surface area contributed by atoms with Gasteiger partial charge in [0.15, 0.2) is 0 Å². The molecule has 1 heterocycles. The Morgan fingerprint density at radius 1 is 1.22 bits per heavy atom. The van der Waals surface area contributed by atoms with Gasteiger partial charge in [-0.2, -0.15) is 0 Å². The average Bonchev–Trinajstić information content (AvgIpc) is 2.35. The third-order valence-corrected chi connectivity index (χ3v) is 4.75. The Morgan fingerprint density at radius 3 is 2.78 bits per heavy atom. The first kappa shape index (κ1) is 12.2. The molecule has 0 amide bonds. The zero-order chi connectivity index (χ0) is 12.7. The topological polar surface area (TPSA) is 12.0 Å². The molecule has 18 heavy (non-hydrogen) atoms. The first-order valence-corrected chi connectivity index (χ1v) is 7.53. The fourth-order valence-corrected chi connectivity index (χ4v) is 3.84. The summed E-state index contributed by atoms with van der Waals surface area (Å²) >= 11 is 0. The van der Waals surface area contributed by atoms with Gasteiger partial charge in [0, 0.05) is 12.6 Å². The van der Waals surface area contributed by atoms with Gasteiger partial charge in [-0.1, -0.05) is 39.0 Å². The van der Waals surface area contributed by atoms with Crippen molar-refractivity contribution in [2.45, 2.75) is 57.9 Å². The molecule has 0 fully saturated rings. The van der Waals surface area contributed by atoms with Crippen LogP contribution in [0.1, 0.15) is 74.6 Å². The van der Waals surface area contributed by atoms with Crippen molar-refractivity contribution >= 4 is 0 Å². The lowest BCUT2D eigenvalue weighted by molar-refractivity contribution is 0.362. The Kier molecular flexibility index (Phi) is 3.19. The molecule has 0 spiro atoms. The normalized spacial score (nSPS) is 30.3. The molecule has 2 aliphatic rings. The van der Waals surface area contributed by atoms with E-state index in [1.165, 1.54) is 25.8 Å². The van der Waals surface area contributed by atoms with Crippen LogP contribution in [0.5, 0.6) is 0 Å². The number of rotatable bonds is 2. The lowest BCUT2D eigenvalue weighted by Crippen LogP contribution is -2.36. The van der Waals surface area contributed by atoms with E-state index in [0.29, 0.717) is 6.04 Å². The van der Waals surface area contributed by atoms with E-state index in [9.17, 15) is 0 Å². The monoisotopic (exact) mass is 243 g/mol. The second-order valence-electron chi connectivity index (χ2n) is 6.62. The van der Waals surface area contributed by atoms with Crippen molar-refractivity contribution in [2.75, 3.05) is 6.54 Å². The minimum atomic E-state index is 0.585. The zero-order valence-electron chi connectivity index (χ0n) is 11.9. The molecular weight excluding hydrogens is 218 g/mol. The highest BCUT2D eigenvalue weighted by Gasteiger charge is 2.33. The summed E-state index contributed by atoms with van der Waals surface area (Å²) in [5.41, 5.74) is 4.95. The van der Waals surface area contributed by atoms with Crippen molar-refractivity contribution in [3.8, 4) is 0 Å². The SMILES string of the molecule is CC(C)CC1NCC2CCC(C)c3cccc1c32. The third-order valence-electron chi connectivity index (χ3n) is 4.75. The quantitative estimate of drug-likeness (QED) is 0.814. The summed E-state index contributed by atoms with van der Waals surface area (Å²) in [4.78, 5) is 0. The molecular formula is C17H25N. The van der Waals surface area contributed by atoms with Gasteiger partial charge in [-0.25, -0.2) is 0 Å². The van der Waals surface area contributed by atoms with Crippen LogP contribution in [-0.2, 0) is 0 Å². The van der Waals surface area contributed by atoms with Crippen molar-refractivity contribution in [3.05, 3.63) is 34.9 Å². The van der Waals surface area contributed by atoms with Crippen LogP contribution < -0.4 is 5.32 Å². The smallest absolute Gasteiger partial charge is 0.0325 e. The van der Waals surface area contributed by atoms with Crippen LogP contribution in [0.15, 0.2) is 18.2 Å². The van der Waals surface area contributed by atoms with Crippen LogP contribution in [0.4, 0.5) is 0 Å². The molecule has 0 saturated carbocycles. The Morgan fingerprint density at radius 2 is 2.00 bits per heavy atom. The van der Waals surface area contributed by atoms with Crippen LogP contribution in [-0.4, -0.2) is 6.54 Å². The first-order chi connectivity index (χ1) is 8.66. The highest BCUT2D eigenvalue weighted by Crippen LogP contribution is 2.44. The van der Waals surface area contributed by atoms with Crippen molar-refractivity contribution in [1.82, 2.24) is 5.32 Å². The maximum Gasteiger partial charge on any atom is 0.0325 e. The highest BCUT2D eigenvalue weighted by atomic mass is 14.9. The van der Waals surface area contributed by atoms with E-state index in [4.69, 9.17) is 0 Å². The van der Waals surface area contributed by atoms with Gasteiger partial charge in [-0.3, -0.25) is 0 Å². The predicted octanol–water partition coefficient (Wildman–Crippen LogP) is 4.36. The van der Waals surface area contributed by atoms with E-state index in [0.717, 1.165) is 17.8 Å². The van der Waals surface area contributed by atoms with Crippen LogP contribution in [0.25, 0.3) is 0 Å². The molecule has 0 aromatic heterocycles. The molecule has 1 aromatic rings. The van der Waals surface area contributed by atoms with Crippen LogP contribution in [0.3, 0.4) is 0 Å². The summed E-state index contributed by atoms with van der Waals surface area (Å²) in [5.74, 6) is 2.29. The number of benzene rings is 1. The van der Waals surface area contributed by atoms with E-state index in [2.05, 4.69) is 44.3 Å². The first-order valence-electron chi connectivity index (χ1n) is 7.53. The largest absolute Gasteiger partial charge is 0.309 e. The molecule has 1 heteroatoms. The lowest BCUT2D eigenvalue weighted by atomic mass is 9.72. The van der Waals surface area contributed by atoms with Gasteiger partial charge in [0.2, 0.25) is 0 Å². The van der Waals surface area contributed by atoms with E-state index in [-0.39, 0.29) is 0 Å². The van der Waals surface area contributed by atoms with Crippen LogP contribution >= 0.6 is 0 Å². The minimum Gasteiger partial charge on any atom is -0.309 e. The van der Waals surface area contributed by atoms with Crippen molar-refractivity contribution < 1.29 is 0 Å². The number of nitrogens with one attached hydrogen (secondary N) is 1. The second-order valence-corrected chi connectivity index (χ2v) is 6.62. The van der Waals surface area contributed by atoms with E-state index >= 15 is 0 Å². The van der Waals surface area contributed by atoms with Gasteiger partial charge < -0.3 is 5.32 Å². The van der Waals surface area contributed by atoms with Crippen LogP contribution in [0, 0.1) is 5.92 Å². The summed E-state index contributed by atoms with van der Waals surface area (Å²) < 4.78 is 0. The van der Waals surface area contributed by atoms with Gasteiger partial charge in [-0.15, -0.1) is 0 Å². The van der Waals surface area contributed by atoms with Crippen LogP contribution in [0.2, 0.25) is 0 Å². The molecule has 1 aromatic carbocycles. The molecule has 98 valence electrons. The molecule has 1 N–H and O–H groups in total. The van der Waals surface area contributed by atoms with Gasteiger partial charge in [-0.05, 0) is 53.7 Å². The predicted molar refractivity (Wildman–Crippen MR) is 77.0 cm³/mol. The molecule has 1 aliphatic heterocycles. The maximum atomic E-state index is 3.78. The standard InChI is InChI=1S/C17H25N/c1-11(2)9-16-15-6-4-5-14-12(3)7-8-13(10-18-16)17(14)15/h4-6,11-13,16,18H,7-10H2,1-3H3. The second kappa shape index (κ2) is 4.70. The summed E-state index contributed by atoms with van der Waals surface area (Å²) in [5, 5.41) is 3.78. The van der Waals surface area contributed by atoms with E-state index in [1.54, 1.807) is 16.7 Å². The highest BCUT2D eigenvalue weighted by molar-refractivity contribution is 5.45. The van der Waals surface area contributed by atoms with Crippen molar-refractivity contribution in [3.63, 3.8) is 0 Å². The molecule has 0 radical (unpaired) electrons. The molecule has 3 atom stereocenters. The lowest BCUT2D eigenvalue weighted by Gasteiger charge is -2.39. The minimum absolute atomic E-state index is 0.585. The van der Waals surface area contributed by atoms with E-state index < -0.39 is 0 Å². The molecule has 0 bridgehead atoms. The molecule has 0 saturated heterocycles. The third kappa shape index (κ3) is 1.99. The van der Waals surface area contributed by atoms with Gasteiger partial charge in [0.05, 0.1) is 0 Å². The Balaban J connectivity index is 2.03. The summed E-state index contributed by atoms with van der Waals surface area (Å²) in [6.45, 7) is 8.23. The molecule has 1 aliphatic carbocycles. The Labute approximate surface area is 111 Å². The summed E-state index contributed by atoms with van der Waals surface area (Å²) in [7, 11) is 0.